The fraction of sp³-hybridized carbons (Fsp3) is 0.635. The molecule has 0 radical (unpaired) electrons. The second-order valence-electron chi connectivity index (χ2n) is 29.4. The first kappa shape index (κ1) is 82.7. The van der Waals surface area contributed by atoms with Gasteiger partial charge in [-0.2, -0.15) is 0 Å². The van der Waals surface area contributed by atoms with Gasteiger partial charge >= 0.3 is 0 Å². The van der Waals surface area contributed by atoms with E-state index in [0.29, 0.717) is 90.9 Å². The van der Waals surface area contributed by atoms with E-state index in [4.69, 9.17) is 14.2 Å². The molecule has 0 atom stereocenters. The second-order valence-corrected chi connectivity index (χ2v) is 29.4. The Kier molecular flexibility index (Phi) is 36.9. The number of unbranched alkanes of at least 4 members (excludes halogenated alkanes) is 33. The highest BCUT2D eigenvalue weighted by Gasteiger charge is 2.41. The van der Waals surface area contributed by atoms with Crippen LogP contribution in [-0.4, -0.2) is 77.4 Å². The maximum atomic E-state index is 15.5. The zero-order valence-corrected chi connectivity index (χ0v) is 64.1. The van der Waals surface area contributed by atoms with Gasteiger partial charge in [-0.15, -0.1) is 0 Å². The number of carbonyl (C=O) groups excluding carboxylic acids is 3. The van der Waals surface area contributed by atoms with Gasteiger partial charge in [0.1, 0.15) is 5.69 Å². The maximum Gasteiger partial charge on any atom is 0.287 e. The number of aromatic nitrogens is 1. The van der Waals surface area contributed by atoms with Gasteiger partial charge in [0.2, 0.25) is 5.75 Å². The number of anilines is 2. The number of ether oxygens (including phenoxy) is 3. The fourth-order valence-electron chi connectivity index (χ4n) is 15.1. The number of H-pyrrole nitrogens is 1. The maximum absolute atomic E-state index is 15.5. The number of piperidine rings is 1. The molecule has 1 fully saturated rings. The summed E-state index contributed by atoms with van der Waals surface area (Å²) in [6, 6.07) is 16.4. The average molecular weight is 1390 g/mol. The SMILES string of the molecule is CCCCCCCCCCCCCCOc1cc(C(=O)N2CCC(c3cc(C)c(NC(=O)c4cc([N+](=O)[O-])c[nH]4)c(C)c3)(c3cc(C)c(N(C)C(=O)c4c(C)cc([N+](=O)[O-])cc4C)c(C)c3)CC2)cc(OCCCCCCCCCCCCCC)c1OCCCCCCCCCCCCCC. The van der Waals surface area contributed by atoms with E-state index in [1.807, 2.05) is 44.7 Å². The molecule has 16 nitrogen and oxygen atoms in total. The number of carbonyl (C=O) groups is 3. The number of nitro groups is 2. The Morgan fingerprint density at radius 3 is 1.20 bits per heavy atom. The normalized spacial score (nSPS) is 12.8. The molecule has 0 spiro atoms. The molecule has 1 aliphatic rings. The van der Waals surface area contributed by atoms with Crippen molar-refractivity contribution in [3.05, 3.63) is 142 Å². The fourth-order valence-corrected chi connectivity index (χ4v) is 15.1. The minimum atomic E-state index is -0.659. The van der Waals surface area contributed by atoms with Crippen LogP contribution in [0.2, 0.25) is 0 Å². The molecule has 0 saturated carbocycles. The van der Waals surface area contributed by atoms with Gasteiger partial charge < -0.3 is 34.3 Å². The van der Waals surface area contributed by atoms with Crippen LogP contribution in [0.25, 0.3) is 0 Å². The number of benzene rings is 4. The van der Waals surface area contributed by atoms with Crippen molar-refractivity contribution >= 4 is 40.5 Å². The van der Waals surface area contributed by atoms with Crippen LogP contribution in [0.3, 0.4) is 0 Å². The van der Waals surface area contributed by atoms with E-state index >= 15 is 4.79 Å². The summed E-state index contributed by atoms with van der Waals surface area (Å²) >= 11 is 0. The highest BCUT2D eigenvalue weighted by Crippen LogP contribution is 2.47. The van der Waals surface area contributed by atoms with Gasteiger partial charge in [-0.3, -0.25) is 34.6 Å². The summed E-state index contributed by atoms with van der Waals surface area (Å²) in [5.41, 5.74) is 7.71. The van der Waals surface area contributed by atoms with Crippen molar-refractivity contribution in [1.82, 2.24) is 9.88 Å². The van der Waals surface area contributed by atoms with E-state index in [0.717, 1.165) is 90.4 Å². The molecule has 0 bridgehead atoms. The Labute approximate surface area is 607 Å². The number of hydrogen-bond acceptors (Lipinski definition) is 10. The van der Waals surface area contributed by atoms with Crippen molar-refractivity contribution in [2.45, 2.75) is 312 Å². The number of hydrogen-bond donors (Lipinski definition) is 2. The first-order valence-corrected chi connectivity index (χ1v) is 39.6. The minimum absolute atomic E-state index is 0.0648. The third-order valence-electron chi connectivity index (χ3n) is 21.0. The quantitative estimate of drug-likeness (QED) is 0.0214. The Morgan fingerprint density at radius 1 is 0.475 bits per heavy atom. The van der Waals surface area contributed by atoms with E-state index in [1.165, 1.54) is 204 Å². The lowest BCUT2D eigenvalue weighted by Crippen LogP contribution is -2.46. The van der Waals surface area contributed by atoms with Crippen LogP contribution in [0.5, 0.6) is 17.2 Å². The summed E-state index contributed by atoms with van der Waals surface area (Å²) in [4.78, 5) is 72.3. The highest BCUT2D eigenvalue weighted by molar-refractivity contribution is 6.09. The van der Waals surface area contributed by atoms with Crippen molar-refractivity contribution in [3.63, 3.8) is 0 Å². The Balaban J connectivity index is 1.29. The number of likely N-dealkylation sites (tertiary alicyclic amines) is 1. The smallest absolute Gasteiger partial charge is 0.287 e. The predicted molar refractivity (Wildman–Crippen MR) is 415 cm³/mol. The molecular formula is C85H128N6O10. The van der Waals surface area contributed by atoms with Crippen LogP contribution in [-0.2, 0) is 5.41 Å². The van der Waals surface area contributed by atoms with Crippen molar-refractivity contribution in [1.29, 1.82) is 0 Å². The molecule has 1 saturated heterocycles. The van der Waals surface area contributed by atoms with Gasteiger partial charge in [0.15, 0.2) is 11.5 Å². The lowest BCUT2D eigenvalue weighted by atomic mass is 9.66. The molecule has 0 aliphatic carbocycles. The number of non-ortho nitro benzene ring substituents is 1. The van der Waals surface area contributed by atoms with E-state index in [2.05, 4.69) is 55.3 Å². The summed E-state index contributed by atoms with van der Waals surface area (Å²) in [5, 5.41) is 26.3. The van der Waals surface area contributed by atoms with Gasteiger partial charge in [-0.25, -0.2) is 0 Å². The summed E-state index contributed by atoms with van der Waals surface area (Å²) in [6.07, 6.45) is 47.0. The minimum Gasteiger partial charge on any atom is -0.490 e. The van der Waals surface area contributed by atoms with Crippen LogP contribution >= 0.6 is 0 Å². The van der Waals surface area contributed by atoms with Crippen molar-refractivity contribution in [3.8, 4) is 17.2 Å². The van der Waals surface area contributed by atoms with Crippen LogP contribution in [0.15, 0.2) is 60.8 Å². The van der Waals surface area contributed by atoms with E-state index in [1.54, 1.807) is 25.8 Å². The first-order chi connectivity index (χ1) is 48.8. The molecule has 558 valence electrons. The number of nitrogens with zero attached hydrogens (tertiary/aromatic N) is 4. The molecule has 1 aromatic heterocycles. The number of nitrogens with one attached hydrogen (secondary N) is 2. The van der Waals surface area contributed by atoms with Crippen LogP contribution in [0.4, 0.5) is 22.7 Å². The number of aromatic amines is 1. The van der Waals surface area contributed by atoms with Crippen molar-refractivity contribution in [2.75, 3.05) is 50.2 Å². The van der Waals surface area contributed by atoms with Gasteiger partial charge in [-0.05, 0) is 130 Å². The lowest BCUT2D eigenvalue weighted by Gasteiger charge is -2.44. The summed E-state index contributed by atoms with van der Waals surface area (Å²) in [7, 11) is 1.74. The monoisotopic (exact) mass is 1390 g/mol. The van der Waals surface area contributed by atoms with E-state index in [9.17, 15) is 29.8 Å². The number of aryl methyl sites for hydroxylation is 6. The van der Waals surface area contributed by atoms with Gasteiger partial charge in [0, 0.05) is 66.3 Å². The van der Waals surface area contributed by atoms with Crippen molar-refractivity contribution in [2.24, 2.45) is 0 Å². The summed E-state index contributed by atoms with van der Waals surface area (Å²) in [6.45, 7) is 20.5. The lowest BCUT2D eigenvalue weighted by molar-refractivity contribution is -0.385. The third kappa shape index (κ3) is 26.2. The van der Waals surface area contributed by atoms with Gasteiger partial charge in [0.25, 0.3) is 29.1 Å². The Hall–Kier alpha value is -7.23. The number of nitro benzene ring substituents is 1. The molecule has 1 aliphatic heterocycles. The first-order valence-electron chi connectivity index (χ1n) is 39.6. The molecular weight excluding hydrogens is 1260 g/mol. The largest absolute Gasteiger partial charge is 0.490 e. The van der Waals surface area contributed by atoms with Crippen LogP contribution < -0.4 is 24.4 Å². The van der Waals surface area contributed by atoms with Gasteiger partial charge in [-0.1, -0.05) is 257 Å². The van der Waals surface area contributed by atoms with E-state index in [-0.39, 0.29) is 28.9 Å². The van der Waals surface area contributed by atoms with Crippen LogP contribution in [0, 0.1) is 61.8 Å². The molecule has 0 unspecified atom stereocenters. The Bertz CT molecular complexity index is 3240. The molecule has 3 amide bonds. The summed E-state index contributed by atoms with van der Waals surface area (Å²) in [5.74, 6) is 0.784. The summed E-state index contributed by atoms with van der Waals surface area (Å²) < 4.78 is 20.4. The molecule has 2 N–H and O–H groups in total. The third-order valence-corrected chi connectivity index (χ3v) is 21.0. The highest BCUT2D eigenvalue weighted by atomic mass is 16.6. The molecule has 2 heterocycles. The molecule has 5 aromatic rings. The number of amides is 3. The molecule has 16 heteroatoms. The standard InChI is InChI=1S/C85H128N6O10/c1-11-14-17-20-23-26-29-32-35-38-41-44-51-99-76-60-70(61-77(100-52-45-42-39-36-33-30-27-24-21-18-15-12-2)81(76)101-53-46-43-40-37-34-31-28-25-22-19-16-13-3)83(93)89-49-47-85(48-50-89,71-54-66(6)79(67(7)55-71)87-82(92)75-62-74(63-86-75)91(97)98)72-56-68(8)80(69(9)57-72)88(10)84(94)78-64(4)58-73(90(95)96)59-65(78)5/h54-63,86H,11-53H2,1-10H3,(H,87,92). The predicted octanol–water partition coefficient (Wildman–Crippen LogP) is 23.7. The zero-order valence-electron chi connectivity index (χ0n) is 64.1. The molecule has 6 rings (SSSR count). The number of rotatable bonds is 51. The zero-order chi connectivity index (χ0) is 72.9. The average Bonchev–Trinajstić information content (AvgIpc) is 1.17. The van der Waals surface area contributed by atoms with E-state index < -0.39 is 21.2 Å². The molecule has 101 heavy (non-hydrogen) atoms. The topological polar surface area (TPSA) is 199 Å². The van der Waals surface area contributed by atoms with Gasteiger partial charge in [0.05, 0.1) is 35.9 Å². The van der Waals surface area contributed by atoms with Crippen molar-refractivity contribution < 1.29 is 38.4 Å². The second kappa shape index (κ2) is 45.0. The van der Waals surface area contributed by atoms with Crippen LogP contribution in [0.1, 0.15) is 340 Å². The Morgan fingerprint density at radius 2 is 0.832 bits per heavy atom. The molecule has 4 aromatic carbocycles.